The van der Waals surface area contributed by atoms with Gasteiger partial charge in [0.2, 0.25) is 5.91 Å². The third-order valence-corrected chi connectivity index (χ3v) is 7.55. The van der Waals surface area contributed by atoms with Gasteiger partial charge in [-0.1, -0.05) is 43.7 Å². The van der Waals surface area contributed by atoms with E-state index in [1.165, 1.54) is 18.4 Å². The third kappa shape index (κ3) is 4.13. The molecule has 0 bridgehead atoms. The van der Waals surface area contributed by atoms with Crippen LogP contribution in [-0.4, -0.2) is 42.4 Å². The van der Waals surface area contributed by atoms with Crippen molar-refractivity contribution in [3.63, 3.8) is 0 Å². The van der Waals surface area contributed by atoms with Gasteiger partial charge in [0.1, 0.15) is 17.1 Å². The molecule has 1 aromatic heterocycles. The highest BCUT2D eigenvalue weighted by Gasteiger charge is 2.51. The van der Waals surface area contributed by atoms with Crippen LogP contribution in [0.15, 0.2) is 30.3 Å². The Balaban J connectivity index is 1.56. The van der Waals surface area contributed by atoms with Gasteiger partial charge in [-0.15, -0.1) is 11.3 Å². The lowest BCUT2D eigenvalue weighted by molar-refractivity contribution is -0.134. The summed E-state index contributed by atoms with van der Waals surface area (Å²) in [7, 11) is 1.32. The van der Waals surface area contributed by atoms with Crippen molar-refractivity contribution in [1.82, 2.24) is 10.2 Å². The highest BCUT2D eigenvalue weighted by atomic mass is 32.1. The molecule has 1 aliphatic heterocycles. The number of carbonyl (C=O) groups is 4. The predicted octanol–water partition coefficient (Wildman–Crippen LogP) is 3.60. The highest BCUT2D eigenvalue weighted by molar-refractivity contribution is 7.17. The lowest BCUT2D eigenvalue weighted by Crippen LogP contribution is -2.44. The fourth-order valence-electron chi connectivity index (χ4n) is 4.59. The number of fused-ring (bicyclic) bond motifs is 1. The average molecular weight is 470 g/mol. The van der Waals surface area contributed by atoms with E-state index in [1.807, 2.05) is 13.0 Å². The summed E-state index contributed by atoms with van der Waals surface area (Å²) in [5, 5.41) is 5.95. The number of amides is 4. The number of hydrogen-bond acceptors (Lipinski definition) is 6. The normalized spacial score (nSPS) is 20.1. The molecule has 4 rings (SSSR count). The molecule has 2 N–H and O–H groups in total. The summed E-state index contributed by atoms with van der Waals surface area (Å²) in [5.41, 5.74) is 0.792. The quantitative estimate of drug-likeness (QED) is 0.382. The van der Waals surface area contributed by atoms with Crippen LogP contribution in [0.4, 0.5) is 9.80 Å². The van der Waals surface area contributed by atoms with Crippen LogP contribution in [0.3, 0.4) is 0 Å². The van der Waals surface area contributed by atoms with Crippen molar-refractivity contribution in [2.24, 2.45) is 0 Å². The van der Waals surface area contributed by atoms with Gasteiger partial charge in [-0.25, -0.2) is 9.59 Å². The number of nitrogens with zero attached hydrogens (tertiary/aromatic N) is 1. The second-order valence-corrected chi connectivity index (χ2v) is 9.36. The summed E-state index contributed by atoms with van der Waals surface area (Å²) < 4.78 is 4.97. The molecule has 0 unspecified atom stereocenters. The smallest absolute Gasteiger partial charge is 0.341 e. The van der Waals surface area contributed by atoms with Crippen LogP contribution in [0.2, 0.25) is 0 Å². The molecule has 2 heterocycles. The van der Waals surface area contributed by atoms with E-state index < -0.39 is 35.9 Å². The number of benzene rings is 1. The van der Waals surface area contributed by atoms with E-state index in [0.29, 0.717) is 22.5 Å². The lowest BCUT2D eigenvalue weighted by Gasteiger charge is -2.25. The Morgan fingerprint density at radius 2 is 1.88 bits per heavy atom. The molecule has 1 atom stereocenters. The van der Waals surface area contributed by atoms with Crippen molar-refractivity contribution in [3.8, 4) is 0 Å². The van der Waals surface area contributed by atoms with E-state index in [9.17, 15) is 19.2 Å². The molecule has 2 aromatic rings. The minimum Gasteiger partial charge on any atom is -0.465 e. The zero-order valence-corrected chi connectivity index (χ0v) is 19.5. The number of methoxy groups -OCH3 is 1. The number of urea groups is 1. The molecule has 0 spiro atoms. The van der Waals surface area contributed by atoms with Crippen LogP contribution in [-0.2, 0) is 32.7 Å². The summed E-state index contributed by atoms with van der Waals surface area (Å²) in [6.45, 7) is 1.37. The van der Waals surface area contributed by atoms with Crippen LogP contribution in [0.1, 0.15) is 59.0 Å². The number of aryl methyl sites for hydroxylation is 1. The molecule has 1 aliphatic carbocycles. The number of imide groups is 1. The van der Waals surface area contributed by atoms with Gasteiger partial charge in [0.25, 0.3) is 5.91 Å². The monoisotopic (exact) mass is 469 g/mol. The average Bonchev–Trinajstić information content (AvgIpc) is 3.16. The van der Waals surface area contributed by atoms with E-state index in [1.54, 1.807) is 24.3 Å². The summed E-state index contributed by atoms with van der Waals surface area (Å²) in [4.78, 5) is 53.4. The first kappa shape index (κ1) is 23.0. The first-order chi connectivity index (χ1) is 15.9. The number of anilines is 1. The van der Waals surface area contributed by atoms with Crippen molar-refractivity contribution in [3.05, 3.63) is 51.9 Å². The topological polar surface area (TPSA) is 105 Å². The van der Waals surface area contributed by atoms with Crippen LogP contribution in [0.25, 0.3) is 0 Å². The predicted molar refractivity (Wildman–Crippen MR) is 124 cm³/mol. The summed E-state index contributed by atoms with van der Waals surface area (Å²) >= 11 is 1.37. The molecule has 1 saturated heterocycles. The van der Waals surface area contributed by atoms with Crippen LogP contribution < -0.4 is 10.6 Å². The van der Waals surface area contributed by atoms with Gasteiger partial charge in [0, 0.05) is 4.88 Å². The van der Waals surface area contributed by atoms with Gasteiger partial charge >= 0.3 is 12.0 Å². The molecule has 33 heavy (non-hydrogen) atoms. The number of nitrogens with one attached hydrogen (secondary N) is 2. The Morgan fingerprint density at radius 1 is 1.15 bits per heavy atom. The molecule has 0 saturated carbocycles. The molecule has 4 amide bonds. The zero-order chi connectivity index (χ0) is 23.6. The Labute approximate surface area is 196 Å². The molecule has 9 heteroatoms. The number of thiophene rings is 1. The van der Waals surface area contributed by atoms with Gasteiger partial charge in [-0.2, -0.15) is 0 Å². The lowest BCUT2D eigenvalue weighted by atomic mass is 9.87. The van der Waals surface area contributed by atoms with Crippen LogP contribution in [0.5, 0.6) is 0 Å². The van der Waals surface area contributed by atoms with E-state index in [0.717, 1.165) is 47.4 Å². The largest absolute Gasteiger partial charge is 0.465 e. The maximum atomic E-state index is 13.3. The molecular formula is C24H27N3O5S. The Hall–Kier alpha value is -3.20. The van der Waals surface area contributed by atoms with E-state index in [-0.39, 0.29) is 0 Å². The molecule has 1 fully saturated rings. The van der Waals surface area contributed by atoms with E-state index >= 15 is 0 Å². The number of esters is 1. The van der Waals surface area contributed by atoms with Crippen LogP contribution >= 0.6 is 11.3 Å². The van der Waals surface area contributed by atoms with Crippen molar-refractivity contribution in [1.29, 1.82) is 0 Å². The Kier molecular flexibility index (Phi) is 6.51. The molecule has 2 aliphatic rings. The minimum absolute atomic E-state index is 0.351. The highest BCUT2D eigenvalue weighted by Crippen LogP contribution is 2.38. The number of hydrogen-bond donors (Lipinski definition) is 2. The van der Waals surface area contributed by atoms with Crippen molar-refractivity contribution in [2.45, 2.75) is 51.0 Å². The SMILES string of the molecule is CC[C@@]1(c2ccccc2)NC(=O)N(CC(=O)Nc2sc3c(c2C(=O)OC)CCCCC3)C1=O. The molecule has 8 nitrogen and oxygen atoms in total. The Bertz CT molecular complexity index is 1100. The van der Waals surface area contributed by atoms with Gasteiger partial charge in [-0.3, -0.25) is 14.5 Å². The van der Waals surface area contributed by atoms with Gasteiger partial charge in [0.05, 0.1) is 12.7 Å². The molecule has 1 aromatic carbocycles. The third-order valence-electron chi connectivity index (χ3n) is 6.34. The molecule has 174 valence electrons. The maximum Gasteiger partial charge on any atom is 0.341 e. The second-order valence-electron chi connectivity index (χ2n) is 8.25. The van der Waals surface area contributed by atoms with Crippen molar-refractivity contribution < 1.29 is 23.9 Å². The summed E-state index contributed by atoms with van der Waals surface area (Å²) in [6.07, 6.45) is 5.06. The first-order valence-electron chi connectivity index (χ1n) is 11.1. The number of ether oxygens (including phenoxy) is 1. The summed E-state index contributed by atoms with van der Waals surface area (Å²) in [5.74, 6) is -1.50. The standard InChI is InChI=1S/C24H27N3O5S/c1-3-24(15-10-6-4-7-11-15)22(30)27(23(31)26-24)14-18(28)25-20-19(21(29)32-2)16-12-8-5-9-13-17(16)33-20/h4,6-7,10-11H,3,5,8-9,12-14H2,1-2H3,(H,25,28)(H,26,31)/t24-/m0/s1. The van der Waals surface area contributed by atoms with Gasteiger partial charge in [-0.05, 0) is 43.2 Å². The van der Waals surface area contributed by atoms with E-state index in [4.69, 9.17) is 4.74 Å². The fraction of sp³-hybridized carbons (Fsp3) is 0.417. The second kappa shape index (κ2) is 9.35. The summed E-state index contributed by atoms with van der Waals surface area (Å²) in [6, 6.07) is 8.39. The van der Waals surface area contributed by atoms with Gasteiger partial charge in [0.15, 0.2) is 0 Å². The number of rotatable bonds is 6. The van der Waals surface area contributed by atoms with Crippen LogP contribution in [0, 0.1) is 0 Å². The Morgan fingerprint density at radius 3 is 2.58 bits per heavy atom. The maximum absolute atomic E-state index is 13.3. The van der Waals surface area contributed by atoms with Gasteiger partial charge < -0.3 is 15.4 Å². The van der Waals surface area contributed by atoms with E-state index in [2.05, 4.69) is 10.6 Å². The number of carbonyl (C=O) groups excluding carboxylic acids is 4. The minimum atomic E-state index is -1.20. The van der Waals surface area contributed by atoms with Crippen molar-refractivity contribution in [2.75, 3.05) is 19.0 Å². The molecular weight excluding hydrogens is 442 g/mol. The van der Waals surface area contributed by atoms with Crippen molar-refractivity contribution >= 4 is 40.2 Å². The zero-order valence-electron chi connectivity index (χ0n) is 18.7. The molecule has 0 radical (unpaired) electrons. The first-order valence-corrected chi connectivity index (χ1v) is 11.9. The fourth-order valence-corrected chi connectivity index (χ4v) is 5.88.